The van der Waals surface area contributed by atoms with Gasteiger partial charge in [0.2, 0.25) is 0 Å². The predicted octanol–water partition coefficient (Wildman–Crippen LogP) is 4.65. The van der Waals surface area contributed by atoms with Crippen molar-refractivity contribution >= 4 is 39.4 Å². The molecule has 0 fully saturated rings. The Kier molecular flexibility index (Phi) is 4.57. The Labute approximate surface area is 162 Å². The number of hydrogen-bond acceptors (Lipinski definition) is 4. The predicted molar refractivity (Wildman–Crippen MR) is 110 cm³/mol. The molecule has 4 aromatic rings. The molecule has 3 aromatic carbocycles. The van der Waals surface area contributed by atoms with E-state index in [2.05, 4.69) is 0 Å². The zero-order valence-corrected chi connectivity index (χ0v) is 15.5. The number of para-hydroxylation sites is 2. The van der Waals surface area contributed by atoms with Crippen molar-refractivity contribution in [2.24, 2.45) is 0 Å². The second-order valence-corrected chi connectivity index (χ2v) is 6.63. The summed E-state index contributed by atoms with van der Waals surface area (Å²) in [6.07, 6.45) is -0.510. The first-order chi connectivity index (χ1) is 13.6. The van der Waals surface area contributed by atoms with Crippen LogP contribution in [0.25, 0.3) is 21.8 Å². The number of ether oxygens (including phenoxy) is 1. The van der Waals surface area contributed by atoms with Crippen molar-refractivity contribution in [3.63, 3.8) is 0 Å². The lowest BCUT2D eigenvalue weighted by atomic mass is 10.2. The lowest BCUT2D eigenvalue weighted by Gasteiger charge is -2.17. The number of esters is 1. The average Bonchev–Trinajstić information content (AvgIpc) is 3.06. The summed E-state index contributed by atoms with van der Waals surface area (Å²) in [4.78, 5) is 25.9. The molecular weight excluding hydrogens is 352 g/mol. The van der Waals surface area contributed by atoms with Crippen molar-refractivity contribution in [2.75, 3.05) is 5.73 Å². The molecule has 0 aliphatic rings. The van der Waals surface area contributed by atoms with Crippen LogP contribution in [-0.2, 0) is 4.74 Å². The zero-order chi connectivity index (χ0) is 19.7. The molecule has 28 heavy (non-hydrogen) atoms. The number of aromatic nitrogens is 1. The molecule has 0 saturated heterocycles. The summed E-state index contributed by atoms with van der Waals surface area (Å²) in [5.74, 6) is -0.801. The van der Waals surface area contributed by atoms with Gasteiger partial charge in [-0.05, 0) is 42.8 Å². The Balaban J connectivity index is 1.72. The first-order valence-corrected chi connectivity index (χ1v) is 9.19. The van der Waals surface area contributed by atoms with Gasteiger partial charge in [0.25, 0.3) is 5.91 Å². The summed E-state index contributed by atoms with van der Waals surface area (Å²) >= 11 is 0. The third kappa shape index (κ3) is 3.01. The van der Waals surface area contributed by atoms with Crippen LogP contribution < -0.4 is 5.73 Å². The second kappa shape index (κ2) is 7.19. The number of fused-ring (bicyclic) bond motifs is 3. The molecule has 140 valence electrons. The normalized spacial score (nSPS) is 12.2. The van der Waals surface area contributed by atoms with Crippen LogP contribution in [0.2, 0.25) is 0 Å². The van der Waals surface area contributed by atoms with Crippen molar-refractivity contribution in [3.8, 4) is 0 Å². The Morgan fingerprint density at radius 3 is 1.96 bits per heavy atom. The smallest absolute Gasteiger partial charge is 0.338 e. The fourth-order valence-electron chi connectivity index (χ4n) is 3.43. The van der Waals surface area contributed by atoms with Gasteiger partial charge in [-0.1, -0.05) is 43.3 Å². The maximum atomic E-state index is 13.4. The van der Waals surface area contributed by atoms with Crippen LogP contribution in [-0.4, -0.2) is 22.5 Å². The van der Waals surface area contributed by atoms with Crippen molar-refractivity contribution < 1.29 is 14.3 Å². The van der Waals surface area contributed by atoms with Gasteiger partial charge in [-0.3, -0.25) is 9.36 Å². The van der Waals surface area contributed by atoms with E-state index in [0.29, 0.717) is 17.7 Å². The molecule has 0 aliphatic carbocycles. The molecule has 5 nitrogen and oxygen atoms in total. The van der Waals surface area contributed by atoms with E-state index >= 15 is 0 Å². The molecule has 0 saturated carbocycles. The van der Waals surface area contributed by atoms with E-state index in [4.69, 9.17) is 10.5 Å². The van der Waals surface area contributed by atoms with Crippen molar-refractivity contribution in [1.82, 2.24) is 4.57 Å². The minimum atomic E-state index is -0.885. The Morgan fingerprint density at radius 2 is 1.43 bits per heavy atom. The molecule has 1 unspecified atom stereocenters. The first kappa shape index (κ1) is 17.8. The van der Waals surface area contributed by atoms with Gasteiger partial charge in [-0.2, -0.15) is 0 Å². The van der Waals surface area contributed by atoms with Gasteiger partial charge in [0.15, 0.2) is 6.10 Å². The monoisotopic (exact) mass is 372 g/mol. The molecule has 0 spiro atoms. The summed E-state index contributed by atoms with van der Waals surface area (Å²) < 4.78 is 7.21. The lowest BCUT2D eigenvalue weighted by molar-refractivity contribution is 0.0245. The topological polar surface area (TPSA) is 74.3 Å². The fraction of sp³-hybridized carbons (Fsp3) is 0.130. The average molecular weight is 372 g/mol. The van der Waals surface area contributed by atoms with Crippen LogP contribution in [0.4, 0.5) is 5.69 Å². The van der Waals surface area contributed by atoms with Crippen LogP contribution in [0.3, 0.4) is 0 Å². The number of rotatable bonds is 4. The molecule has 2 N–H and O–H groups in total. The quantitative estimate of drug-likeness (QED) is 0.418. The van der Waals surface area contributed by atoms with Gasteiger partial charge >= 0.3 is 5.97 Å². The minimum Gasteiger partial charge on any atom is -0.449 e. The highest BCUT2D eigenvalue weighted by Crippen LogP contribution is 2.29. The van der Waals surface area contributed by atoms with Crippen LogP contribution >= 0.6 is 0 Å². The molecule has 0 aliphatic heterocycles. The SMILES string of the molecule is CCC(OC(=O)c1ccc(N)cc1)C(=O)n1c2ccccc2c2ccccc21. The van der Waals surface area contributed by atoms with Gasteiger partial charge < -0.3 is 10.5 Å². The van der Waals surface area contributed by atoms with Crippen molar-refractivity contribution in [2.45, 2.75) is 19.4 Å². The van der Waals surface area contributed by atoms with Gasteiger partial charge in [-0.25, -0.2) is 4.79 Å². The third-order valence-corrected chi connectivity index (χ3v) is 4.84. The van der Waals surface area contributed by atoms with E-state index in [1.807, 2.05) is 55.5 Å². The number of nitrogens with zero attached hydrogens (tertiary/aromatic N) is 1. The van der Waals surface area contributed by atoms with Gasteiger partial charge in [0.05, 0.1) is 16.6 Å². The summed E-state index contributed by atoms with van der Waals surface area (Å²) in [7, 11) is 0. The highest BCUT2D eigenvalue weighted by molar-refractivity contribution is 6.14. The largest absolute Gasteiger partial charge is 0.449 e. The van der Waals surface area contributed by atoms with Gasteiger partial charge in [-0.15, -0.1) is 0 Å². The second-order valence-electron chi connectivity index (χ2n) is 6.63. The third-order valence-electron chi connectivity index (χ3n) is 4.84. The van der Waals surface area contributed by atoms with Crippen LogP contribution in [0.5, 0.6) is 0 Å². The van der Waals surface area contributed by atoms with Crippen LogP contribution in [0.15, 0.2) is 72.8 Å². The number of anilines is 1. The van der Waals surface area contributed by atoms with Gasteiger partial charge in [0.1, 0.15) is 0 Å². The summed E-state index contributed by atoms with van der Waals surface area (Å²) in [5, 5.41) is 1.98. The van der Waals surface area contributed by atoms with Crippen molar-refractivity contribution in [3.05, 3.63) is 78.4 Å². The van der Waals surface area contributed by atoms with E-state index < -0.39 is 12.1 Å². The molecule has 1 atom stereocenters. The molecule has 5 heteroatoms. The maximum absolute atomic E-state index is 13.4. The van der Waals surface area contributed by atoms with Crippen molar-refractivity contribution in [1.29, 1.82) is 0 Å². The molecule has 0 radical (unpaired) electrons. The molecule has 0 bridgehead atoms. The van der Waals surface area contributed by atoms with E-state index in [-0.39, 0.29) is 5.91 Å². The molecule has 1 aromatic heterocycles. The molecule has 4 rings (SSSR count). The first-order valence-electron chi connectivity index (χ1n) is 9.19. The van der Waals surface area contributed by atoms with Gasteiger partial charge in [0, 0.05) is 16.5 Å². The highest BCUT2D eigenvalue weighted by atomic mass is 16.5. The molecule has 1 heterocycles. The number of carbonyl (C=O) groups excluding carboxylic acids is 2. The van der Waals surface area contributed by atoms with Crippen LogP contribution in [0.1, 0.15) is 28.5 Å². The number of nitrogen functional groups attached to an aromatic ring is 1. The van der Waals surface area contributed by atoms with E-state index in [1.165, 1.54) is 0 Å². The number of carbonyl (C=O) groups is 2. The molecular formula is C23H20N2O3. The Morgan fingerprint density at radius 1 is 0.893 bits per heavy atom. The highest BCUT2D eigenvalue weighted by Gasteiger charge is 2.26. The summed E-state index contributed by atoms with van der Waals surface area (Å²) in [5.41, 5.74) is 8.19. The van der Waals surface area contributed by atoms with E-state index in [9.17, 15) is 9.59 Å². The fourth-order valence-corrected chi connectivity index (χ4v) is 3.43. The summed E-state index contributed by atoms with van der Waals surface area (Å²) in [6.45, 7) is 1.83. The molecule has 0 amide bonds. The number of benzene rings is 3. The summed E-state index contributed by atoms with van der Waals surface area (Å²) in [6, 6.07) is 21.9. The van der Waals surface area contributed by atoms with Crippen LogP contribution in [0, 0.1) is 0 Å². The minimum absolute atomic E-state index is 0.260. The Hall–Kier alpha value is -3.60. The van der Waals surface area contributed by atoms with E-state index in [0.717, 1.165) is 21.8 Å². The standard InChI is InChI=1S/C23H20N2O3/c1-2-21(28-23(27)15-11-13-16(24)14-12-15)22(26)25-19-9-5-3-7-17(19)18-8-4-6-10-20(18)25/h3-14,21H,2,24H2,1H3. The number of nitrogens with two attached hydrogens (primary N) is 1. The lowest BCUT2D eigenvalue weighted by Crippen LogP contribution is -2.31. The zero-order valence-electron chi connectivity index (χ0n) is 15.5. The maximum Gasteiger partial charge on any atom is 0.338 e. The van der Waals surface area contributed by atoms with E-state index in [1.54, 1.807) is 28.8 Å². The number of hydrogen-bond donors (Lipinski definition) is 1. The Bertz CT molecular complexity index is 1120.